The second kappa shape index (κ2) is 9.45. The van der Waals surface area contributed by atoms with Crippen LogP contribution in [0.5, 0.6) is 11.5 Å². The third kappa shape index (κ3) is 5.37. The highest BCUT2D eigenvalue weighted by atomic mass is 79.9. The van der Waals surface area contributed by atoms with E-state index in [1.807, 2.05) is 12.1 Å². The van der Waals surface area contributed by atoms with Crippen LogP contribution < -0.4 is 20.1 Å². The van der Waals surface area contributed by atoms with Gasteiger partial charge in [0.05, 0.1) is 20.8 Å². The van der Waals surface area contributed by atoms with Crippen molar-refractivity contribution in [2.45, 2.75) is 6.54 Å². The van der Waals surface area contributed by atoms with Crippen LogP contribution in [-0.4, -0.2) is 32.6 Å². The lowest BCUT2D eigenvalue weighted by Crippen LogP contribution is -2.36. The summed E-state index contributed by atoms with van der Waals surface area (Å²) >= 11 is 9.42. The van der Waals surface area contributed by atoms with Crippen LogP contribution >= 0.6 is 27.5 Å². The molecule has 2 amide bonds. The summed E-state index contributed by atoms with van der Waals surface area (Å²) in [7, 11) is 3.00. The Labute approximate surface area is 164 Å². The van der Waals surface area contributed by atoms with Gasteiger partial charge in [-0.3, -0.25) is 9.59 Å². The molecule has 0 atom stereocenters. The van der Waals surface area contributed by atoms with E-state index in [1.54, 1.807) is 24.3 Å². The summed E-state index contributed by atoms with van der Waals surface area (Å²) in [5, 5.41) is 5.82. The number of carbonyl (C=O) groups excluding carboxylic acids is 2. The fourth-order valence-corrected chi connectivity index (χ4v) is 2.90. The van der Waals surface area contributed by atoms with Gasteiger partial charge in [0.25, 0.3) is 5.91 Å². The molecular weight excluding hydrogens is 424 g/mol. The molecular formula is C18H18BrClN2O4. The van der Waals surface area contributed by atoms with Gasteiger partial charge in [-0.1, -0.05) is 33.6 Å². The van der Waals surface area contributed by atoms with Gasteiger partial charge in [0.15, 0.2) is 11.5 Å². The van der Waals surface area contributed by atoms with Gasteiger partial charge in [-0.25, -0.2) is 0 Å². The highest BCUT2D eigenvalue weighted by Gasteiger charge is 2.12. The summed E-state index contributed by atoms with van der Waals surface area (Å²) in [6, 6.07) is 10.2. The Morgan fingerprint density at radius 1 is 1.04 bits per heavy atom. The van der Waals surface area contributed by atoms with Crippen LogP contribution in [0.25, 0.3) is 0 Å². The van der Waals surface area contributed by atoms with Crippen LogP contribution in [0.1, 0.15) is 15.9 Å². The highest BCUT2D eigenvalue weighted by molar-refractivity contribution is 9.10. The molecule has 0 fully saturated rings. The zero-order valence-electron chi connectivity index (χ0n) is 14.3. The van der Waals surface area contributed by atoms with Crippen molar-refractivity contribution in [3.05, 3.63) is 57.0 Å². The average Bonchev–Trinajstić information content (AvgIpc) is 2.64. The molecule has 6 nitrogen and oxygen atoms in total. The first-order valence-corrected chi connectivity index (χ1v) is 8.82. The number of hydrogen-bond donors (Lipinski definition) is 2. The van der Waals surface area contributed by atoms with Gasteiger partial charge >= 0.3 is 0 Å². The van der Waals surface area contributed by atoms with E-state index in [1.165, 1.54) is 14.2 Å². The summed E-state index contributed by atoms with van der Waals surface area (Å²) in [5.74, 6) is 0.253. The molecule has 0 aliphatic carbocycles. The van der Waals surface area contributed by atoms with Crippen LogP contribution in [0.4, 0.5) is 0 Å². The number of hydrogen-bond acceptors (Lipinski definition) is 4. The van der Waals surface area contributed by atoms with E-state index in [2.05, 4.69) is 26.6 Å². The normalized spacial score (nSPS) is 10.2. The number of nitrogens with one attached hydrogen (secondary N) is 2. The van der Waals surface area contributed by atoms with Gasteiger partial charge in [0.1, 0.15) is 0 Å². The molecule has 8 heteroatoms. The first-order valence-electron chi connectivity index (χ1n) is 7.65. The number of amides is 2. The summed E-state index contributed by atoms with van der Waals surface area (Å²) in [6.07, 6.45) is 0. The smallest absolute Gasteiger partial charge is 0.251 e. The van der Waals surface area contributed by atoms with E-state index in [0.29, 0.717) is 22.1 Å². The minimum Gasteiger partial charge on any atom is -0.493 e. The Morgan fingerprint density at radius 2 is 1.77 bits per heavy atom. The molecule has 0 heterocycles. The summed E-state index contributed by atoms with van der Waals surface area (Å²) < 4.78 is 11.1. The second-order valence-corrected chi connectivity index (χ2v) is 6.59. The summed E-state index contributed by atoms with van der Waals surface area (Å²) in [4.78, 5) is 24.1. The van der Waals surface area contributed by atoms with Crippen LogP contribution in [-0.2, 0) is 11.3 Å². The second-order valence-electron chi connectivity index (χ2n) is 5.26. The van der Waals surface area contributed by atoms with Crippen molar-refractivity contribution in [1.82, 2.24) is 10.6 Å². The van der Waals surface area contributed by atoms with Gasteiger partial charge in [0, 0.05) is 21.6 Å². The summed E-state index contributed by atoms with van der Waals surface area (Å²) in [6.45, 7) is 0.124. The lowest BCUT2D eigenvalue weighted by atomic mass is 10.2. The van der Waals surface area contributed by atoms with Crippen molar-refractivity contribution >= 4 is 39.3 Å². The molecule has 2 rings (SSSR count). The van der Waals surface area contributed by atoms with Gasteiger partial charge < -0.3 is 20.1 Å². The van der Waals surface area contributed by atoms with E-state index >= 15 is 0 Å². The van der Waals surface area contributed by atoms with Gasteiger partial charge in [-0.15, -0.1) is 0 Å². The van der Waals surface area contributed by atoms with E-state index in [4.69, 9.17) is 21.1 Å². The lowest BCUT2D eigenvalue weighted by Gasteiger charge is -2.10. The van der Waals surface area contributed by atoms with Crippen molar-refractivity contribution in [1.29, 1.82) is 0 Å². The first kappa shape index (κ1) is 20.1. The van der Waals surface area contributed by atoms with Crippen LogP contribution in [0.2, 0.25) is 5.02 Å². The number of halogens is 2. The third-order valence-electron chi connectivity index (χ3n) is 3.55. The maximum atomic E-state index is 12.2. The molecule has 0 aromatic heterocycles. The largest absolute Gasteiger partial charge is 0.493 e. The van der Waals surface area contributed by atoms with Crippen molar-refractivity contribution in [2.24, 2.45) is 0 Å². The Balaban J connectivity index is 1.87. The van der Waals surface area contributed by atoms with Gasteiger partial charge in [-0.2, -0.15) is 0 Å². The number of ether oxygens (including phenoxy) is 2. The topological polar surface area (TPSA) is 76.7 Å². The first-order chi connectivity index (χ1) is 12.4. The molecule has 0 saturated heterocycles. The average molecular weight is 442 g/mol. The summed E-state index contributed by atoms with van der Waals surface area (Å²) in [5.41, 5.74) is 1.15. The number of rotatable bonds is 7. The lowest BCUT2D eigenvalue weighted by molar-refractivity contribution is -0.120. The standard InChI is InChI=1S/C18H18BrClN2O4/c1-25-15-6-4-11(7-16(15)26-2)18(24)22-10-17(23)21-9-12-3-5-13(19)8-14(12)20/h3-8H,9-10H2,1-2H3,(H,21,23)(H,22,24). The minimum atomic E-state index is -0.386. The van der Waals surface area contributed by atoms with Crippen LogP contribution in [0, 0.1) is 0 Å². The fourth-order valence-electron chi connectivity index (χ4n) is 2.16. The Kier molecular flexibility index (Phi) is 7.29. The van der Waals surface area contributed by atoms with Crippen molar-refractivity contribution in [2.75, 3.05) is 20.8 Å². The molecule has 2 N–H and O–H groups in total. The van der Waals surface area contributed by atoms with Crippen molar-refractivity contribution in [3.63, 3.8) is 0 Å². The number of methoxy groups -OCH3 is 2. The zero-order valence-corrected chi connectivity index (χ0v) is 16.6. The predicted octanol–water partition coefficient (Wildman–Crippen LogP) is 3.17. The predicted molar refractivity (Wildman–Crippen MR) is 103 cm³/mol. The van der Waals surface area contributed by atoms with E-state index in [-0.39, 0.29) is 24.9 Å². The highest BCUT2D eigenvalue weighted by Crippen LogP contribution is 2.27. The molecule has 0 radical (unpaired) electrons. The molecule has 0 saturated carbocycles. The molecule has 138 valence electrons. The molecule has 0 spiro atoms. The third-order valence-corrected chi connectivity index (χ3v) is 4.39. The number of benzene rings is 2. The SMILES string of the molecule is COc1ccc(C(=O)NCC(=O)NCc2ccc(Br)cc2Cl)cc1OC. The molecule has 0 aliphatic rings. The Hall–Kier alpha value is -2.25. The van der Waals surface area contributed by atoms with Crippen molar-refractivity contribution < 1.29 is 19.1 Å². The van der Waals surface area contributed by atoms with E-state index < -0.39 is 0 Å². The monoisotopic (exact) mass is 440 g/mol. The maximum Gasteiger partial charge on any atom is 0.251 e. The maximum absolute atomic E-state index is 12.2. The quantitative estimate of drug-likeness (QED) is 0.692. The van der Waals surface area contributed by atoms with Gasteiger partial charge in [0.2, 0.25) is 5.91 Å². The molecule has 0 aliphatic heterocycles. The van der Waals surface area contributed by atoms with E-state index in [9.17, 15) is 9.59 Å². The van der Waals surface area contributed by atoms with Gasteiger partial charge in [-0.05, 0) is 35.9 Å². The molecule has 0 bridgehead atoms. The Bertz CT molecular complexity index is 814. The molecule has 2 aromatic carbocycles. The molecule has 26 heavy (non-hydrogen) atoms. The number of carbonyl (C=O) groups is 2. The molecule has 0 unspecified atom stereocenters. The molecule has 2 aromatic rings. The van der Waals surface area contributed by atoms with Crippen LogP contribution in [0.15, 0.2) is 40.9 Å². The zero-order chi connectivity index (χ0) is 19.1. The Morgan fingerprint density at radius 3 is 2.42 bits per heavy atom. The van der Waals surface area contributed by atoms with Crippen LogP contribution in [0.3, 0.4) is 0 Å². The van der Waals surface area contributed by atoms with Crippen molar-refractivity contribution in [3.8, 4) is 11.5 Å². The fraction of sp³-hybridized carbons (Fsp3) is 0.222. The minimum absolute atomic E-state index is 0.151. The van der Waals surface area contributed by atoms with E-state index in [0.717, 1.165) is 10.0 Å².